The molecular formula is C14H23N3O3. The molecule has 0 saturated heterocycles. The summed E-state index contributed by atoms with van der Waals surface area (Å²) >= 11 is 0. The lowest BCUT2D eigenvalue weighted by Gasteiger charge is -2.04. The van der Waals surface area contributed by atoms with Crippen LogP contribution in [0.5, 0.6) is 0 Å². The van der Waals surface area contributed by atoms with Crippen LogP contribution >= 0.6 is 0 Å². The van der Waals surface area contributed by atoms with Crippen LogP contribution in [-0.4, -0.2) is 33.3 Å². The summed E-state index contributed by atoms with van der Waals surface area (Å²) in [5, 5.41) is 15.6. The second kappa shape index (κ2) is 7.67. The number of rotatable bonds is 8. The molecule has 0 bridgehead atoms. The van der Waals surface area contributed by atoms with Crippen LogP contribution < -0.4 is 5.32 Å². The molecule has 0 aliphatic carbocycles. The van der Waals surface area contributed by atoms with Crippen molar-refractivity contribution in [1.29, 1.82) is 0 Å². The van der Waals surface area contributed by atoms with Gasteiger partial charge >= 0.3 is 5.97 Å². The van der Waals surface area contributed by atoms with Gasteiger partial charge in [0, 0.05) is 20.0 Å². The second-order valence-electron chi connectivity index (χ2n) is 5.19. The highest BCUT2D eigenvalue weighted by Gasteiger charge is 2.14. The smallest absolute Gasteiger partial charge is 0.303 e. The van der Waals surface area contributed by atoms with Crippen molar-refractivity contribution >= 4 is 11.9 Å². The molecule has 0 unspecified atom stereocenters. The largest absolute Gasteiger partial charge is 0.481 e. The molecule has 112 valence electrons. The Balaban J connectivity index is 2.34. The Kier molecular flexibility index (Phi) is 6.21. The first kappa shape index (κ1) is 16.2. The molecule has 1 aromatic heterocycles. The molecule has 2 N–H and O–H groups in total. The van der Waals surface area contributed by atoms with E-state index in [-0.39, 0.29) is 12.3 Å². The van der Waals surface area contributed by atoms with Gasteiger partial charge in [0.15, 0.2) is 0 Å². The van der Waals surface area contributed by atoms with Crippen molar-refractivity contribution in [1.82, 2.24) is 15.1 Å². The third-order valence-electron chi connectivity index (χ3n) is 3.08. The highest BCUT2D eigenvalue weighted by molar-refractivity contribution is 5.92. The number of unbranched alkanes of at least 4 members (excludes halogenated alkanes) is 2. The van der Waals surface area contributed by atoms with E-state index < -0.39 is 5.97 Å². The summed E-state index contributed by atoms with van der Waals surface area (Å²) in [5.74, 6) is -0.617. The van der Waals surface area contributed by atoms with E-state index in [2.05, 4.69) is 10.4 Å². The normalized spacial score (nSPS) is 10.8. The average Bonchev–Trinajstić information content (AvgIpc) is 2.75. The van der Waals surface area contributed by atoms with Gasteiger partial charge in [0.25, 0.3) is 5.91 Å². The molecule has 0 fully saturated rings. The first-order chi connectivity index (χ1) is 9.41. The number of nitrogens with zero attached hydrogens (tertiary/aromatic N) is 2. The maximum absolute atomic E-state index is 12.0. The van der Waals surface area contributed by atoms with Gasteiger partial charge in [-0.15, -0.1) is 0 Å². The van der Waals surface area contributed by atoms with Crippen LogP contribution in [0.4, 0.5) is 0 Å². The lowest BCUT2D eigenvalue weighted by molar-refractivity contribution is -0.137. The summed E-state index contributed by atoms with van der Waals surface area (Å²) in [6, 6.07) is 1.81. The summed E-state index contributed by atoms with van der Waals surface area (Å²) in [6.45, 7) is 4.62. The monoisotopic (exact) mass is 281 g/mol. The maximum atomic E-state index is 12.0. The molecule has 0 aromatic carbocycles. The van der Waals surface area contributed by atoms with Crippen LogP contribution in [0.1, 0.15) is 61.6 Å². The fraction of sp³-hybridized carbons (Fsp3) is 0.643. The van der Waals surface area contributed by atoms with Crippen LogP contribution in [-0.2, 0) is 11.8 Å². The number of aromatic nitrogens is 2. The van der Waals surface area contributed by atoms with Crippen LogP contribution in [0.25, 0.3) is 0 Å². The molecule has 1 amide bonds. The SMILES string of the molecule is CC(C)c1cc(C(=O)NCCCCCC(=O)O)n(C)n1. The molecule has 0 atom stereocenters. The van der Waals surface area contributed by atoms with Crippen LogP contribution in [0.3, 0.4) is 0 Å². The van der Waals surface area contributed by atoms with Crippen molar-refractivity contribution in [2.75, 3.05) is 6.54 Å². The van der Waals surface area contributed by atoms with Crippen LogP contribution in [0.2, 0.25) is 0 Å². The van der Waals surface area contributed by atoms with Gasteiger partial charge in [0.05, 0.1) is 5.69 Å². The minimum Gasteiger partial charge on any atom is -0.481 e. The maximum Gasteiger partial charge on any atom is 0.303 e. The number of hydrogen-bond donors (Lipinski definition) is 2. The van der Waals surface area contributed by atoms with E-state index in [1.54, 1.807) is 11.7 Å². The van der Waals surface area contributed by atoms with E-state index >= 15 is 0 Å². The predicted octanol–water partition coefficient (Wildman–Crippen LogP) is 1.92. The number of aliphatic carboxylic acids is 1. The number of carbonyl (C=O) groups excluding carboxylic acids is 1. The summed E-state index contributed by atoms with van der Waals surface area (Å²) in [6.07, 6.45) is 2.42. The van der Waals surface area contributed by atoms with Gasteiger partial charge in [-0.2, -0.15) is 5.10 Å². The van der Waals surface area contributed by atoms with Gasteiger partial charge < -0.3 is 10.4 Å². The molecule has 1 aromatic rings. The Morgan fingerprint density at radius 1 is 1.35 bits per heavy atom. The highest BCUT2D eigenvalue weighted by Crippen LogP contribution is 2.13. The molecule has 0 spiro atoms. The lowest BCUT2D eigenvalue weighted by Crippen LogP contribution is -2.26. The molecule has 6 heteroatoms. The van der Waals surface area contributed by atoms with Crippen molar-refractivity contribution < 1.29 is 14.7 Å². The molecule has 20 heavy (non-hydrogen) atoms. The van der Waals surface area contributed by atoms with Gasteiger partial charge in [-0.05, 0) is 24.8 Å². The quantitative estimate of drug-likeness (QED) is 0.713. The first-order valence-electron chi connectivity index (χ1n) is 6.95. The standard InChI is InChI=1S/C14H23N3O3/c1-10(2)11-9-12(17(3)16-11)14(20)15-8-6-4-5-7-13(18)19/h9-10H,4-8H2,1-3H3,(H,15,20)(H,18,19). The molecule has 1 rings (SSSR count). The van der Waals surface area contributed by atoms with E-state index in [1.165, 1.54) is 0 Å². The number of aryl methyl sites for hydroxylation is 1. The summed E-state index contributed by atoms with van der Waals surface area (Å²) in [5.41, 5.74) is 1.46. The van der Waals surface area contributed by atoms with Crippen LogP contribution in [0.15, 0.2) is 6.07 Å². The Hall–Kier alpha value is -1.85. The van der Waals surface area contributed by atoms with Crippen molar-refractivity contribution in [2.24, 2.45) is 7.05 Å². The number of nitrogens with one attached hydrogen (secondary N) is 1. The number of carboxylic acid groups (broad SMARTS) is 1. The molecule has 0 saturated carbocycles. The average molecular weight is 281 g/mol. The van der Waals surface area contributed by atoms with Gasteiger partial charge in [-0.3, -0.25) is 14.3 Å². The Bertz CT molecular complexity index is 466. The highest BCUT2D eigenvalue weighted by atomic mass is 16.4. The minimum absolute atomic E-state index is 0.134. The third-order valence-corrected chi connectivity index (χ3v) is 3.08. The topological polar surface area (TPSA) is 84.2 Å². The Morgan fingerprint density at radius 2 is 2.05 bits per heavy atom. The first-order valence-corrected chi connectivity index (χ1v) is 6.95. The van der Waals surface area contributed by atoms with E-state index in [1.807, 2.05) is 19.9 Å². The van der Waals surface area contributed by atoms with Crippen molar-refractivity contribution in [3.63, 3.8) is 0 Å². The fourth-order valence-corrected chi connectivity index (χ4v) is 1.85. The summed E-state index contributed by atoms with van der Waals surface area (Å²) in [7, 11) is 1.76. The molecule has 0 radical (unpaired) electrons. The number of hydrogen-bond acceptors (Lipinski definition) is 3. The minimum atomic E-state index is -0.773. The number of carboxylic acids is 1. The molecule has 0 aliphatic rings. The molecule has 6 nitrogen and oxygen atoms in total. The van der Waals surface area contributed by atoms with Gasteiger partial charge in [-0.1, -0.05) is 20.3 Å². The van der Waals surface area contributed by atoms with Gasteiger partial charge in [-0.25, -0.2) is 0 Å². The van der Waals surface area contributed by atoms with E-state index in [0.29, 0.717) is 24.6 Å². The zero-order valence-electron chi connectivity index (χ0n) is 12.3. The van der Waals surface area contributed by atoms with Crippen molar-refractivity contribution in [3.8, 4) is 0 Å². The lowest BCUT2D eigenvalue weighted by atomic mass is 10.1. The van der Waals surface area contributed by atoms with E-state index in [4.69, 9.17) is 5.11 Å². The molecular weight excluding hydrogens is 258 g/mol. The van der Waals surface area contributed by atoms with Gasteiger partial charge in [0.1, 0.15) is 5.69 Å². The summed E-state index contributed by atoms with van der Waals surface area (Å²) in [4.78, 5) is 22.3. The fourth-order valence-electron chi connectivity index (χ4n) is 1.85. The number of amides is 1. The molecule has 0 aliphatic heterocycles. The summed E-state index contributed by atoms with van der Waals surface area (Å²) < 4.78 is 1.59. The third kappa shape index (κ3) is 5.03. The van der Waals surface area contributed by atoms with Crippen molar-refractivity contribution in [3.05, 3.63) is 17.5 Å². The Morgan fingerprint density at radius 3 is 2.60 bits per heavy atom. The zero-order valence-corrected chi connectivity index (χ0v) is 12.3. The van der Waals surface area contributed by atoms with Crippen LogP contribution in [0, 0.1) is 0 Å². The Labute approximate surface area is 119 Å². The van der Waals surface area contributed by atoms with E-state index in [0.717, 1.165) is 18.5 Å². The van der Waals surface area contributed by atoms with E-state index in [9.17, 15) is 9.59 Å². The second-order valence-corrected chi connectivity index (χ2v) is 5.19. The number of carbonyl (C=O) groups is 2. The predicted molar refractivity (Wildman–Crippen MR) is 75.7 cm³/mol. The molecule has 1 heterocycles. The van der Waals surface area contributed by atoms with Crippen molar-refractivity contribution in [2.45, 2.75) is 45.4 Å². The zero-order chi connectivity index (χ0) is 15.1. The van der Waals surface area contributed by atoms with Gasteiger partial charge in [0.2, 0.25) is 0 Å².